The Labute approximate surface area is 148 Å². The van der Waals surface area contributed by atoms with Gasteiger partial charge in [0.25, 0.3) is 0 Å². The van der Waals surface area contributed by atoms with Gasteiger partial charge in [-0.25, -0.2) is 4.39 Å². The number of anilines is 1. The number of carbonyl (C=O) groups excluding carboxylic acids is 1. The van der Waals surface area contributed by atoms with Gasteiger partial charge in [0, 0.05) is 57.6 Å². The molecule has 3 saturated heterocycles. The smallest absolute Gasteiger partial charge is 0.225 e. The van der Waals surface area contributed by atoms with Crippen molar-refractivity contribution in [2.24, 2.45) is 0 Å². The summed E-state index contributed by atoms with van der Waals surface area (Å²) in [5.74, 6) is 0.0534. The van der Waals surface area contributed by atoms with Gasteiger partial charge in [0.1, 0.15) is 5.82 Å². The molecule has 0 radical (unpaired) electrons. The van der Waals surface area contributed by atoms with Gasteiger partial charge in [0.15, 0.2) is 0 Å². The topological polar surface area (TPSA) is 36.0 Å². The molecule has 1 amide bonds. The average Bonchev–Trinajstić information content (AvgIpc) is 3.08. The maximum atomic E-state index is 13.0. The van der Waals surface area contributed by atoms with Gasteiger partial charge in [-0.2, -0.15) is 0 Å². The van der Waals surface area contributed by atoms with Gasteiger partial charge in [0.2, 0.25) is 5.91 Å². The van der Waals surface area contributed by atoms with Crippen molar-refractivity contribution >= 4 is 11.6 Å². The second-order valence-corrected chi connectivity index (χ2v) is 7.29. The quantitative estimate of drug-likeness (QED) is 0.831. The van der Waals surface area contributed by atoms with Crippen LogP contribution < -0.4 is 4.90 Å². The van der Waals surface area contributed by atoms with Crippen LogP contribution in [0.2, 0.25) is 0 Å². The van der Waals surface area contributed by atoms with Crippen molar-refractivity contribution < 1.29 is 13.9 Å². The molecule has 0 spiro atoms. The number of ether oxygens (including phenoxy) is 1. The minimum Gasteiger partial charge on any atom is -0.378 e. The van der Waals surface area contributed by atoms with E-state index in [2.05, 4.69) is 9.80 Å². The third-order valence-corrected chi connectivity index (χ3v) is 5.66. The Hall–Kier alpha value is -1.66. The molecule has 3 aliphatic heterocycles. The first-order valence-corrected chi connectivity index (χ1v) is 9.33. The fraction of sp³-hybridized carbons (Fsp3) is 0.632. The SMILES string of the molecule is O=C(CC1CCCO1)N1CC(N2CCN(c3ccc(F)cc3)CC2)C1. The molecule has 1 aromatic carbocycles. The van der Waals surface area contributed by atoms with Crippen LogP contribution in [-0.2, 0) is 9.53 Å². The molecule has 136 valence electrons. The van der Waals surface area contributed by atoms with Crippen molar-refractivity contribution in [2.45, 2.75) is 31.4 Å². The Kier molecular flexibility index (Phi) is 4.90. The second-order valence-electron chi connectivity index (χ2n) is 7.29. The van der Waals surface area contributed by atoms with Crippen LogP contribution in [0.4, 0.5) is 10.1 Å². The zero-order valence-electron chi connectivity index (χ0n) is 14.6. The zero-order chi connectivity index (χ0) is 17.2. The Morgan fingerprint density at radius 1 is 1.12 bits per heavy atom. The minimum atomic E-state index is -0.190. The third kappa shape index (κ3) is 3.80. The predicted molar refractivity (Wildman–Crippen MR) is 94.1 cm³/mol. The van der Waals surface area contributed by atoms with E-state index >= 15 is 0 Å². The molecular weight excluding hydrogens is 321 g/mol. The summed E-state index contributed by atoms with van der Waals surface area (Å²) in [6, 6.07) is 7.22. The lowest BCUT2D eigenvalue weighted by Gasteiger charge is -2.48. The summed E-state index contributed by atoms with van der Waals surface area (Å²) in [5.41, 5.74) is 1.09. The molecule has 0 N–H and O–H groups in total. The van der Waals surface area contributed by atoms with Crippen LogP contribution in [0.3, 0.4) is 0 Å². The molecule has 0 saturated carbocycles. The average molecular weight is 347 g/mol. The summed E-state index contributed by atoms with van der Waals surface area (Å²) >= 11 is 0. The third-order valence-electron chi connectivity index (χ3n) is 5.66. The van der Waals surface area contributed by atoms with Crippen LogP contribution >= 0.6 is 0 Å². The van der Waals surface area contributed by atoms with E-state index in [1.807, 2.05) is 17.0 Å². The van der Waals surface area contributed by atoms with Gasteiger partial charge in [-0.1, -0.05) is 0 Å². The number of nitrogens with zero attached hydrogens (tertiary/aromatic N) is 3. The first-order valence-electron chi connectivity index (χ1n) is 9.33. The van der Waals surface area contributed by atoms with Crippen LogP contribution in [0, 0.1) is 5.82 Å². The van der Waals surface area contributed by atoms with Gasteiger partial charge >= 0.3 is 0 Å². The monoisotopic (exact) mass is 347 g/mol. The number of rotatable bonds is 4. The fourth-order valence-electron chi connectivity index (χ4n) is 4.02. The molecule has 0 aromatic heterocycles. The second kappa shape index (κ2) is 7.30. The van der Waals surface area contributed by atoms with E-state index in [0.29, 0.717) is 12.5 Å². The summed E-state index contributed by atoms with van der Waals surface area (Å²) in [7, 11) is 0. The summed E-state index contributed by atoms with van der Waals surface area (Å²) < 4.78 is 18.6. The summed E-state index contributed by atoms with van der Waals surface area (Å²) in [4.78, 5) is 19.0. The molecule has 3 aliphatic rings. The van der Waals surface area contributed by atoms with Gasteiger partial charge in [-0.3, -0.25) is 9.69 Å². The van der Waals surface area contributed by atoms with Crippen LogP contribution in [-0.4, -0.2) is 73.7 Å². The van der Waals surface area contributed by atoms with Crippen molar-refractivity contribution in [1.29, 1.82) is 0 Å². The number of hydrogen-bond acceptors (Lipinski definition) is 4. The molecule has 1 aromatic rings. The van der Waals surface area contributed by atoms with Crippen LogP contribution in [0.5, 0.6) is 0 Å². The van der Waals surface area contributed by atoms with E-state index in [-0.39, 0.29) is 17.8 Å². The van der Waals surface area contributed by atoms with Gasteiger partial charge < -0.3 is 14.5 Å². The molecule has 0 bridgehead atoms. The Morgan fingerprint density at radius 3 is 2.48 bits per heavy atom. The highest BCUT2D eigenvalue weighted by atomic mass is 19.1. The molecule has 6 heteroatoms. The summed E-state index contributed by atoms with van der Waals surface area (Å²) in [5, 5.41) is 0. The van der Waals surface area contributed by atoms with E-state index in [0.717, 1.165) is 64.4 Å². The van der Waals surface area contributed by atoms with E-state index in [1.54, 1.807) is 0 Å². The lowest BCUT2D eigenvalue weighted by molar-refractivity contribution is -0.141. The van der Waals surface area contributed by atoms with Crippen molar-refractivity contribution in [2.75, 3.05) is 50.8 Å². The highest BCUT2D eigenvalue weighted by Gasteiger charge is 2.36. The van der Waals surface area contributed by atoms with Gasteiger partial charge in [-0.05, 0) is 37.1 Å². The molecule has 0 aliphatic carbocycles. The number of halogens is 1. The van der Waals surface area contributed by atoms with Crippen molar-refractivity contribution in [1.82, 2.24) is 9.80 Å². The Morgan fingerprint density at radius 2 is 1.84 bits per heavy atom. The molecule has 3 fully saturated rings. The van der Waals surface area contributed by atoms with E-state index in [1.165, 1.54) is 12.1 Å². The highest BCUT2D eigenvalue weighted by molar-refractivity contribution is 5.77. The van der Waals surface area contributed by atoms with E-state index < -0.39 is 0 Å². The standard InChI is InChI=1S/C19H26FN3O2/c20-15-3-5-16(6-4-15)21-7-9-22(10-8-21)17-13-23(14-17)19(24)12-18-2-1-11-25-18/h3-6,17-18H,1-2,7-14H2. The van der Waals surface area contributed by atoms with Crippen molar-refractivity contribution in [3.05, 3.63) is 30.1 Å². The first-order chi connectivity index (χ1) is 12.2. The van der Waals surface area contributed by atoms with Crippen molar-refractivity contribution in [3.63, 3.8) is 0 Å². The molecule has 1 unspecified atom stereocenters. The highest BCUT2D eigenvalue weighted by Crippen LogP contribution is 2.23. The fourth-order valence-corrected chi connectivity index (χ4v) is 4.02. The molecule has 1 atom stereocenters. The Bertz CT molecular complexity index is 589. The van der Waals surface area contributed by atoms with Gasteiger partial charge in [0.05, 0.1) is 12.5 Å². The van der Waals surface area contributed by atoms with Crippen LogP contribution in [0.15, 0.2) is 24.3 Å². The predicted octanol–water partition coefficient (Wildman–Crippen LogP) is 1.73. The number of amides is 1. The number of piperazine rings is 1. The summed E-state index contributed by atoms with van der Waals surface area (Å²) in [6.45, 7) is 6.40. The number of carbonyl (C=O) groups is 1. The Balaban J connectivity index is 1.20. The number of benzene rings is 1. The molecular formula is C19H26FN3O2. The van der Waals surface area contributed by atoms with Crippen molar-refractivity contribution in [3.8, 4) is 0 Å². The number of likely N-dealkylation sites (tertiary alicyclic amines) is 1. The maximum Gasteiger partial charge on any atom is 0.225 e. The lowest BCUT2D eigenvalue weighted by Crippen LogP contribution is -2.64. The largest absolute Gasteiger partial charge is 0.378 e. The summed E-state index contributed by atoms with van der Waals surface area (Å²) in [6.07, 6.45) is 2.80. The first kappa shape index (κ1) is 16.8. The van der Waals surface area contributed by atoms with E-state index in [4.69, 9.17) is 4.74 Å². The molecule has 25 heavy (non-hydrogen) atoms. The van der Waals surface area contributed by atoms with E-state index in [9.17, 15) is 9.18 Å². The molecule has 3 heterocycles. The van der Waals surface area contributed by atoms with Crippen LogP contribution in [0.1, 0.15) is 19.3 Å². The lowest BCUT2D eigenvalue weighted by atomic mass is 10.0. The van der Waals surface area contributed by atoms with Gasteiger partial charge in [-0.15, -0.1) is 0 Å². The maximum absolute atomic E-state index is 13.0. The minimum absolute atomic E-state index is 0.144. The van der Waals surface area contributed by atoms with Crippen LogP contribution in [0.25, 0.3) is 0 Å². The number of hydrogen-bond donors (Lipinski definition) is 0. The molecule has 4 rings (SSSR count). The normalized spacial score (nSPS) is 25.2. The zero-order valence-corrected chi connectivity index (χ0v) is 14.6. The molecule has 5 nitrogen and oxygen atoms in total.